The maximum Gasteiger partial charge on any atom is 0.182 e. The first-order valence-corrected chi connectivity index (χ1v) is 11.0. The quantitative estimate of drug-likeness (QED) is 0.684. The van der Waals surface area contributed by atoms with Gasteiger partial charge in [0, 0.05) is 17.5 Å². The van der Waals surface area contributed by atoms with Gasteiger partial charge >= 0.3 is 0 Å². The van der Waals surface area contributed by atoms with Gasteiger partial charge in [-0.2, -0.15) is 0 Å². The van der Waals surface area contributed by atoms with Crippen molar-refractivity contribution in [1.29, 1.82) is 0 Å². The van der Waals surface area contributed by atoms with E-state index in [4.69, 9.17) is 34.3 Å². The van der Waals surface area contributed by atoms with Gasteiger partial charge in [-0.3, -0.25) is 0 Å². The van der Waals surface area contributed by atoms with Crippen molar-refractivity contribution in [2.24, 2.45) is 11.1 Å². The molecule has 2 aromatic rings. The van der Waals surface area contributed by atoms with E-state index in [1.807, 2.05) is 19.9 Å². The molecule has 1 fully saturated rings. The van der Waals surface area contributed by atoms with Gasteiger partial charge in [0.1, 0.15) is 0 Å². The van der Waals surface area contributed by atoms with Crippen LogP contribution >= 0.6 is 23.8 Å². The van der Waals surface area contributed by atoms with Gasteiger partial charge < -0.3 is 10.5 Å². The van der Waals surface area contributed by atoms with Crippen molar-refractivity contribution < 1.29 is 13.2 Å². The molecule has 3 rings (SSSR count). The van der Waals surface area contributed by atoms with Gasteiger partial charge in [-0.1, -0.05) is 53.6 Å². The zero-order chi connectivity index (χ0) is 19.8. The third-order valence-electron chi connectivity index (χ3n) is 5.15. The predicted octanol–water partition coefficient (Wildman–Crippen LogP) is 3.90. The van der Waals surface area contributed by atoms with Crippen molar-refractivity contribution in [3.05, 3.63) is 64.7 Å². The monoisotopic (exact) mass is 423 g/mol. The summed E-state index contributed by atoms with van der Waals surface area (Å²) in [6.07, 6.45) is 0. The van der Waals surface area contributed by atoms with Crippen LogP contribution in [0.1, 0.15) is 24.0 Å². The number of sulfone groups is 1. The van der Waals surface area contributed by atoms with Crippen LogP contribution in [0, 0.1) is 12.3 Å². The van der Waals surface area contributed by atoms with Crippen LogP contribution in [0.3, 0.4) is 0 Å². The van der Waals surface area contributed by atoms with E-state index in [9.17, 15) is 8.42 Å². The molecule has 27 heavy (non-hydrogen) atoms. The van der Waals surface area contributed by atoms with Crippen LogP contribution in [0.4, 0.5) is 0 Å². The highest BCUT2D eigenvalue weighted by atomic mass is 35.5. The van der Waals surface area contributed by atoms with Crippen LogP contribution < -0.4 is 5.73 Å². The molecule has 144 valence electrons. The maximum absolute atomic E-state index is 13.5. The molecule has 0 spiro atoms. The maximum atomic E-state index is 13.5. The topological polar surface area (TPSA) is 69.4 Å². The lowest BCUT2D eigenvalue weighted by molar-refractivity contribution is 0.121. The van der Waals surface area contributed by atoms with Crippen molar-refractivity contribution in [3.63, 3.8) is 0 Å². The molecular weight excluding hydrogens is 402 g/mol. The van der Waals surface area contributed by atoms with E-state index in [1.165, 1.54) is 0 Å². The highest BCUT2D eigenvalue weighted by molar-refractivity contribution is 7.92. The molecule has 0 aromatic heterocycles. The van der Waals surface area contributed by atoms with Crippen LogP contribution in [0.15, 0.2) is 53.4 Å². The smallest absolute Gasteiger partial charge is 0.182 e. The molecule has 1 aliphatic rings. The molecule has 7 heteroatoms. The van der Waals surface area contributed by atoms with E-state index in [-0.39, 0.29) is 16.5 Å². The van der Waals surface area contributed by atoms with Gasteiger partial charge in [-0.15, -0.1) is 0 Å². The molecule has 0 unspecified atom stereocenters. The van der Waals surface area contributed by atoms with Crippen LogP contribution in [-0.2, 0) is 14.6 Å². The normalized spacial score (nSPS) is 24.6. The van der Waals surface area contributed by atoms with E-state index in [0.29, 0.717) is 11.6 Å². The molecule has 4 nitrogen and oxygen atoms in total. The first-order chi connectivity index (χ1) is 12.7. The minimum atomic E-state index is -3.67. The molecule has 0 radical (unpaired) electrons. The lowest BCUT2D eigenvalue weighted by Crippen LogP contribution is -2.33. The third kappa shape index (κ3) is 3.51. The lowest BCUT2D eigenvalue weighted by atomic mass is 10.00. The molecule has 0 bridgehead atoms. The summed E-state index contributed by atoms with van der Waals surface area (Å²) >= 11 is 11.5. The number of rotatable bonds is 7. The van der Waals surface area contributed by atoms with Crippen molar-refractivity contribution in [3.8, 4) is 0 Å². The molecule has 0 aliphatic heterocycles. The Labute approximate surface area is 170 Å². The van der Waals surface area contributed by atoms with Gasteiger partial charge in [0.2, 0.25) is 0 Å². The fourth-order valence-corrected chi connectivity index (χ4v) is 6.68. The second-order valence-corrected chi connectivity index (χ2v) is 9.80. The SMILES string of the molecule is CCOC[C@]1(C(N)=S)[C@H](c2cccc(Cl)c2)[C@H]1S(=O)(=O)c1ccc(C)cc1. The molecular formula is C20H22ClNO3S2. The summed E-state index contributed by atoms with van der Waals surface area (Å²) in [6, 6.07) is 14.0. The Bertz CT molecular complexity index is 959. The standard InChI is InChI=1S/C20H22ClNO3S2/c1-3-25-12-20(19(22)26)17(14-5-4-6-15(21)11-14)18(20)27(23,24)16-9-7-13(2)8-10-16/h4-11,17-18H,3,12H2,1-2H3,(H2,22,26)/t17-,18-,20+/m1/s1. The second kappa shape index (κ2) is 7.51. The fourth-order valence-electron chi connectivity index (χ4n) is 3.72. The Hall–Kier alpha value is -1.47. The van der Waals surface area contributed by atoms with Gasteiger partial charge in [-0.05, 0) is 43.7 Å². The van der Waals surface area contributed by atoms with Gasteiger partial charge in [0.25, 0.3) is 0 Å². The summed E-state index contributed by atoms with van der Waals surface area (Å²) in [4.78, 5) is 0.418. The van der Waals surface area contributed by atoms with Gasteiger partial charge in [-0.25, -0.2) is 8.42 Å². The summed E-state index contributed by atoms with van der Waals surface area (Å²) in [7, 11) is -3.67. The zero-order valence-electron chi connectivity index (χ0n) is 15.2. The minimum absolute atomic E-state index is 0.154. The number of ether oxygens (including phenoxy) is 1. The van der Waals surface area contributed by atoms with Crippen molar-refractivity contribution in [1.82, 2.24) is 0 Å². The highest BCUT2D eigenvalue weighted by Crippen LogP contribution is 2.64. The lowest BCUT2D eigenvalue weighted by Gasteiger charge is -2.17. The van der Waals surface area contributed by atoms with Crippen molar-refractivity contribution >= 4 is 38.6 Å². The molecule has 1 aliphatic carbocycles. The summed E-state index contributed by atoms with van der Waals surface area (Å²) in [5, 5.41) is -0.241. The van der Waals surface area contributed by atoms with Crippen LogP contribution in [0.2, 0.25) is 5.02 Å². The van der Waals surface area contributed by atoms with Crippen molar-refractivity contribution in [2.75, 3.05) is 13.2 Å². The number of aryl methyl sites for hydroxylation is 1. The summed E-state index contributed by atoms with van der Waals surface area (Å²) < 4.78 is 32.5. The fraction of sp³-hybridized carbons (Fsp3) is 0.350. The summed E-state index contributed by atoms with van der Waals surface area (Å²) in [5.41, 5.74) is 6.93. The largest absolute Gasteiger partial charge is 0.393 e. The number of hydrogen-bond donors (Lipinski definition) is 1. The van der Waals surface area contributed by atoms with E-state index < -0.39 is 26.4 Å². The van der Waals surface area contributed by atoms with Gasteiger partial charge in [0.15, 0.2) is 9.84 Å². The van der Waals surface area contributed by atoms with E-state index >= 15 is 0 Å². The average Bonchev–Trinajstić information content (AvgIpc) is 3.32. The predicted molar refractivity (Wildman–Crippen MR) is 112 cm³/mol. The molecule has 3 atom stereocenters. The molecule has 1 saturated carbocycles. The van der Waals surface area contributed by atoms with Crippen molar-refractivity contribution in [2.45, 2.75) is 29.9 Å². The number of thiocarbonyl (C=S) groups is 1. The molecule has 0 heterocycles. The van der Waals surface area contributed by atoms with Crippen LogP contribution in [0.5, 0.6) is 0 Å². The van der Waals surface area contributed by atoms with Crippen LogP contribution in [-0.4, -0.2) is 31.9 Å². The Morgan fingerprint density at radius 3 is 2.48 bits per heavy atom. The summed E-state index contributed by atoms with van der Waals surface area (Å²) in [6.45, 7) is 4.37. The molecule has 2 aromatic carbocycles. The number of hydrogen-bond acceptors (Lipinski definition) is 4. The minimum Gasteiger partial charge on any atom is -0.393 e. The summed E-state index contributed by atoms with van der Waals surface area (Å²) in [5.74, 6) is -0.397. The number of benzene rings is 2. The van der Waals surface area contributed by atoms with E-state index in [0.717, 1.165) is 11.1 Å². The number of nitrogens with two attached hydrogens (primary N) is 1. The van der Waals surface area contributed by atoms with E-state index in [2.05, 4.69) is 0 Å². The highest BCUT2D eigenvalue weighted by Gasteiger charge is 2.73. The average molecular weight is 424 g/mol. The van der Waals surface area contributed by atoms with Crippen LogP contribution in [0.25, 0.3) is 0 Å². The van der Waals surface area contributed by atoms with Gasteiger partial charge in [0.05, 0.1) is 27.2 Å². The first kappa shape index (κ1) is 20.3. The zero-order valence-corrected chi connectivity index (χ0v) is 17.6. The third-order valence-corrected chi connectivity index (χ3v) is 8.06. The first-order valence-electron chi connectivity index (χ1n) is 8.69. The second-order valence-electron chi connectivity index (χ2n) is 6.85. The number of halogens is 1. The molecule has 2 N–H and O–H groups in total. The Balaban J connectivity index is 2.12. The Morgan fingerprint density at radius 2 is 1.93 bits per heavy atom. The molecule has 0 saturated heterocycles. The Morgan fingerprint density at radius 1 is 1.26 bits per heavy atom. The van der Waals surface area contributed by atoms with E-state index in [1.54, 1.807) is 42.5 Å². The Kier molecular flexibility index (Phi) is 5.64. The molecule has 0 amide bonds.